The molecule has 3 aromatic rings. The lowest BCUT2D eigenvalue weighted by molar-refractivity contribution is 0.0388. The molecule has 0 fully saturated rings. The van der Waals surface area contributed by atoms with E-state index in [0.717, 1.165) is 10.9 Å². The Kier molecular flexibility index (Phi) is 6.10. The first-order valence-electron chi connectivity index (χ1n) is 11.3. The van der Waals surface area contributed by atoms with E-state index in [1.807, 2.05) is 40.0 Å². The van der Waals surface area contributed by atoms with Crippen LogP contribution in [-0.4, -0.2) is 34.7 Å². The Morgan fingerprint density at radius 1 is 1.21 bits per heavy atom. The maximum atomic E-state index is 16.1. The van der Waals surface area contributed by atoms with Crippen LogP contribution < -0.4 is 5.32 Å². The van der Waals surface area contributed by atoms with E-state index in [1.165, 1.54) is 12.3 Å². The van der Waals surface area contributed by atoms with Gasteiger partial charge in [-0.1, -0.05) is 28.5 Å². The lowest BCUT2D eigenvalue weighted by Crippen LogP contribution is -2.39. The van der Waals surface area contributed by atoms with Crippen molar-refractivity contribution in [3.63, 3.8) is 0 Å². The number of hydrogen-bond acceptors (Lipinski definition) is 5. The number of H-pyrrole nitrogens is 1. The highest BCUT2D eigenvalue weighted by Crippen LogP contribution is 2.40. The number of aromatic nitrogens is 1. The molecular weight excluding hydrogens is 438 g/mol. The fourth-order valence-corrected chi connectivity index (χ4v) is 4.18. The topological polar surface area (TPSA) is 71.0 Å². The summed E-state index contributed by atoms with van der Waals surface area (Å²) in [5.74, 6) is -1.33. The van der Waals surface area contributed by atoms with Crippen LogP contribution in [0.15, 0.2) is 40.8 Å². The minimum Gasteiger partial charge on any atom is -0.396 e. The quantitative estimate of drug-likeness (QED) is 0.319. The van der Waals surface area contributed by atoms with Crippen molar-refractivity contribution in [1.29, 1.82) is 0 Å². The molecule has 0 bridgehead atoms. The lowest BCUT2D eigenvalue weighted by atomic mass is 9.85. The smallest absolute Gasteiger partial charge is 0.170 e. The van der Waals surface area contributed by atoms with Crippen LogP contribution in [-0.2, 0) is 9.68 Å². The maximum absolute atomic E-state index is 16.1. The number of fused-ring (bicyclic) bond motifs is 2. The summed E-state index contributed by atoms with van der Waals surface area (Å²) in [5, 5.41) is 12.3. The Balaban J connectivity index is 1.85. The lowest BCUT2D eigenvalue weighted by Gasteiger charge is -2.35. The van der Waals surface area contributed by atoms with Gasteiger partial charge < -0.3 is 20.0 Å². The third kappa shape index (κ3) is 4.49. The fourth-order valence-electron chi connectivity index (χ4n) is 4.18. The highest BCUT2D eigenvalue weighted by Gasteiger charge is 2.35. The van der Waals surface area contributed by atoms with Gasteiger partial charge in [-0.05, 0) is 53.2 Å². The zero-order chi connectivity index (χ0) is 24.7. The predicted octanol–water partition coefficient (Wildman–Crippen LogP) is 6.54. The van der Waals surface area contributed by atoms with E-state index in [9.17, 15) is 0 Å². The summed E-state index contributed by atoms with van der Waals surface area (Å²) >= 11 is 0. The number of rotatable bonds is 6. The Morgan fingerprint density at radius 3 is 2.71 bits per heavy atom. The van der Waals surface area contributed by atoms with E-state index in [-0.39, 0.29) is 11.1 Å². The number of hydrogen-bond donors (Lipinski definition) is 2. The summed E-state index contributed by atoms with van der Waals surface area (Å²) in [6.45, 7) is 11.6. The molecule has 4 rings (SSSR count). The third-order valence-corrected chi connectivity index (χ3v) is 5.74. The van der Waals surface area contributed by atoms with Gasteiger partial charge in [0.2, 0.25) is 0 Å². The van der Waals surface area contributed by atoms with Gasteiger partial charge in [0, 0.05) is 34.8 Å². The van der Waals surface area contributed by atoms with Crippen LogP contribution in [0.5, 0.6) is 0 Å². The van der Waals surface area contributed by atoms with Gasteiger partial charge in [0.25, 0.3) is 0 Å². The molecule has 0 spiro atoms. The summed E-state index contributed by atoms with van der Waals surface area (Å²) < 4.78 is 31.5. The van der Waals surface area contributed by atoms with Gasteiger partial charge in [-0.25, -0.2) is 8.78 Å². The summed E-state index contributed by atoms with van der Waals surface area (Å²) in [7, 11) is 0. The zero-order valence-electron chi connectivity index (χ0n) is 20.3. The molecule has 0 amide bonds. The van der Waals surface area contributed by atoms with Crippen molar-refractivity contribution in [2.45, 2.75) is 59.1 Å². The van der Waals surface area contributed by atoms with Crippen LogP contribution >= 0.6 is 0 Å². The van der Waals surface area contributed by atoms with Crippen LogP contribution in [0.1, 0.15) is 52.2 Å². The summed E-state index contributed by atoms with van der Waals surface area (Å²) in [6.07, 6.45) is 3.71. The molecule has 8 heteroatoms. The van der Waals surface area contributed by atoms with E-state index < -0.39 is 22.8 Å². The second kappa shape index (κ2) is 8.74. The predicted molar refractivity (Wildman–Crippen MR) is 133 cm³/mol. The number of benzene rings is 2. The Labute approximate surface area is 198 Å². The van der Waals surface area contributed by atoms with Crippen molar-refractivity contribution in [2.24, 2.45) is 10.3 Å². The van der Waals surface area contributed by atoms with Gasteiger partial charge in [0.15, 0.2) is 5.60 Å². The van der Waals surface area contributed by atoms with Gasteiger partial charge in [-0.2, -0.15) is 0 Å². The van der Waals surface area contributed by atoms with Crippen LogP contribution in [0.4, 0.5) is 14.5 Å². The molecule has 6 nitrogen and oxygen atoms in total. The highest BCUT2D eigenvalue weighted by molar-refractivity contribution is 6.09. The average molecular weight is 469 g/mol. The minimum atomic E-state index is -0.885. The number of anilines is 1. The van der Waals surface area contributed by atoms with E-state index in [0.29, 0.717) is 35.5 Å². The van der Waals surface area contributed by atoms with Gasteiger partial charge >= 0.3 is 0 Å². The number of aromatic amines is 1. The number of para-hydroxylation sites is 1. The SMILES string of the molecule is CCO/N=C/C(C)(C)ON=C1CC(C)(C)Nc2cc(F)c(-c3cccc4c(C)c[nH]c34)c(F)c21. The van der Waals surface area contributed by atoms with Crippen LogP contribution in [0.3, 0.4) is 0 Å². The third-order valence-electron chi connectivity index (χ3n) is 5.74. The maximum Gasteiger partial charge on any atom is 0.170 e. The van der Waals surface area contributed by atoms with Crippen molar-refractivity contribution >= 4 is 28.5 Å². The number of aryl methyl sites for hydroxylation is 1. The Bertz CT molecular complexity index is 1290. The molecule has 0 radical (unpaired) electrons. The molecule has 1 aliphatic heterocycles. The van der Waals surface area contributed by atoms with Crippen LogP contribution in [0.25, 0.3) is 22.0 Å². The largest absolute Gasteiger partial charge is 0.396 e. The molecule has 0 unspecified atom stereocenters. The molecular formula is C26H30F2N4O2. The minimum absolute atomic E-state index is 0.0995. The second-order valence-electron chi connectivity index (χ2n) is 9.74. The fraction of sp³-hybridized carbons (Fsp3) is 0.385. The zero-order valence-corrected chi connectivity index (χ0v) is 20.3. The van der Waals surface area contributed by atoms with Crippen LogP contribution in [0.2, 0.25) is 0 Å². The van der Waals surface area contributed by atoms with Gasteiger partial charge in [0.05, 0.1) is 28.6 Å². The molecule has 1 aromatic heterocycles. The molecule has 0 saturated heterocycles. The first kappa shape index (κ1) is 23.7. The standard InChI is InChI=1S/C26H30F2N4O2/c1-7-33-30-14-26(5,6)34-32-20-12-25(3,4)31-19-11-18(27)21(23(28)22(19)20)17-10-8-9-16-15(2)13-29-24(16)17/h8-11,13-14,29,31H,7,12H2,1-6H3/b30-14+,32-20?. The molecule has 2 N–H and O–H groups in total. The first-order valence-corrected chi connectivity index (χ1v) is 11.3. The number of halogens is 2. The summed E-state index contributed by atoms with van der Waals surface area (Å²) in [6, 6.07) is 6.78. The van der Waals surface area contributed by atoms with Crippen LogP contribution in [0, 0.1) is 18.6 Å². The normalized spacial score (nSPS) is 16.6. The molecule has 0 saturated carbocycles. The molecule has 180 valence electrons. The molecule has 0 aliphatic carbocycles. The second-order valence-corrected chi connectivity index (χ2v) is 9.74. The van der Waals surface area contributed by atoms with E-state index in [4.69, 9.17) is 9.68 Å². The summed E-state index contributed by atoms with van der Waals surface area (Å²) in [4.78, 5) is 13.9. The Morgan fingerprint density at radius 2 is 1.97 bits per heavy atom. The molecule has 2 aromatic carbocycles. The molecule has 34 heavy (non-hydrogen) atoms. The number of nitrogens with zero attached hydrogens (tertiary/aromatic N) is 2. The van der Waals surface area contributed by atoms with Gasteiger partial charge in [-0.15, -0.1) is 0 Å². The summed E-state index contributed by atoms with van der Waals surface area (Å²) in [5.41, 5.74) is 1.62. The monoisotopic (exact) mass is 468 g/mol. The Hall–Kier alpha value is -3.42. The van der Waals surface area contributed by atoms with E-state index in [1.54, 1.807) is 26.0 Å². The first-order chi connectivity index (χ1) is 16.0. The number of oxime groups is 2. The highest BCUT2D eigenvalue weighted by atomic mass is 19.1. The van der Waals surface area contributed by atoms with E-state index >= 15 is 8.78 Å². The van der Waals surface area contributed by atoms with Gasteiger partial charge in [-0.3, -0.25) is 0 Å². The molecule has 1 aliphatic rings. The van der Waals surface area contributed by atoms with Crippen molar-refractivity contribution in [1.82, 2.24) is 4.98 Å². The number of nitrogens with one attached hydrogen (secondary N) is 2. The van der Waals surface area contributed by atoms with Crippen molar-refractivity contribution in [3.8, 4) is 11.1 Å². The molecule has 0 atom stereocenters. The van der Waals surface area contributed by atoms with Crippen molar-refractivity contribution in [3.05, 3.63) is 53.2 Å². The van der Waals surface area contributed by atoms with Crippen molar-refractivity contribution < 1.29 is 18.5 Å². The average Bonchev–Trinajstić information content (AvgIpc) is 3.13. The molecule has 2 heterocycles. The van der Waals surface area contributed by atoms with Crippen molar-refractivity contribution in [2.75, 3.05) is 11.9 Å². The van der Waals surface area contributed by atoms with Gasteiger partial charge in [0.1, 0.15) is 18.2 Å². The van der Waals surface area contributed by atoms with E-state index in [2.05, 4.69) is 20.6 Å².